The number of ether oxygens (including phenoxy) is 2. The van der Waals surface area contributed by atoms with Gasteiger partial charge in [-0.1, -0.05) is 31.0 Å². The lowest BCUT2D eigenvalue weighted by Gasteiger charge is -2.30. The number of carbonyl (C=O) groups is 3. The first-order valence-corrected chi connectivity index (χ1v) is 13.0. The van der Waals surface area contributed by atoms with Crippen molar-refractivity contribution in [3.05, 3.63) is 0 Å². The number of carbonyl (C=O) groups excluding carboxylic acids is 3. The van der Waals surface area contributed by atoms with Crippen LogP contribution in [0.2, 0.25) is 0 Å². The van der Waals surface area contributed by atoms with E-state index in [4.69, 9.17) is 9.47 Å². The number of anilines is 1. The van der Waals surface area contributed by atoms with Crippen molar-refractivity contribution in [3.8, 4) is 0 Å². The number of morpholine rings is 1. The van der Waals surface area contributed by atoms with E-state index < -0.39 is 17.5 Å². The van der Waals surface area contributed by atoms with Gasteiger partial charge in [-0.25, -0.2) is 4.79 Å². The summed E-state index contributed by atoms with van der Waals surface area (Å²) in [5.41, 5.74) is 1.62. The molecular formula is C21H31N7O5S. The van der Waals surface area contributed by atoms with Crippen molar-refractivity contribution in [2.24, 2.45) is 0 Å². The van der Waals surface area contributed by atoms with Crippen LogP contribution in [0, 0.1) is 0 Å². The molecule has 1 unspecified atom stereocenters. The number of nitrogens with one attached hydrogen (secondary N) is 2. The van der Waals surface area contributed by atoms with Crippen molar-refractivity contribution in [2.75, 3.05) is 43.6 Å². The third-order valence-electron chi connectivity index (χ3n) is 6.84. The quantitative estimate of drug-likeness (QED) is 0.416. The Balaban J connectivity index is 1.23. The molecule has 1 aliphatic carbocycles. The molecule has 3 aliphatic heterocycles. The second-order valence-electron chi connectivity index (χ2n) is 9.16. The highest BCUT2D eigenvalue weighted by Gasteiger charge is 2.52. The van der Waals surface area contributed by atoms with Crippen LogP contribution in [0.3, 0.4) is 0 Å². The molecule has 1 saturated carbocycles. The van der Waals surface area contributed by atoms with Crippen molar-refractivity contribution in [3.63, 3.8) is 0 Å². The Kier molecular flexibility index (Phi) is 6.93. The summed E-state index contributed by atoms with van der Waals surface area (Å²) in [6.45, 7) is 4.07. The number of rotatable bonds is 7. The fourth-order valence-electron chi connectivity index (χ4n) is 5.04. The standard InChI is InChI=1S/C21H31N7O5S/c29-16(25-28-17(30)21(22-19(28)31)6-2-1-3-7-21)14-34-20-24-23-18(26-8-11-32-12-9-26)27(20)13-15-5-4-10-33-15/h15H,1-14H2,(H,22,31)(H,25,29). The summed E-state index contributed by atoms with van der Waals surface area (Å²) in [4.78, 5) is 40.1. The predicted octanol–water partition coefficient (Wildman–Crippen LogP) is 0.672. The summed E-state index contributed by atoms with van der Waals surface area (Å²) in [6, 6.07) is -0.568. The number of hydrogen-bond acceptors (Lipinski definition) is 9. The molecule has 4 heterocycles. The van der Waals surface area contributed by atoms with E-state index in [1.54, 1.807) is 0 Å². The second-order valence-corrected chi connectivity index (χ2v) is 10.1. The molecule has 4 amide bonds. The van der Waals surface area contributed by atoms with E-state index in [0.29, 0.717) is 37.8 Å². The van der Waals surface area contributed by atoms with E-state index in [0.717, 1.165) is 62.8 Å². The van der Waals surface area contributed by atoms with Gasteiger partial charge in [0.15, 0.2) is 5.16 Å². The van der Waals surface area contributed by atoms with Crippen LogP contribution in [-0.4, -0.2) is 87.9 Å². The highest BCUT2D eigenvalue weighted by atomic mass is 32.2. The van der Waals surface area contributed by atoms with Gasteiger partial charge in [-0.05, 0) is 25.7 Å². The minimum atomic E-state index is -0.871. The Morgan fingerprint density at radius 3 is 2.65 bits per heavy atom. The fourth-order valence-corrected chi connectivity index (χ4v) is 5.78. The first-order chi connectivity index (χ1) is 16.6. The van der Waals surface area contributed by atoms with Crippen LogP contribution in [0.15, 0.2) is 5.16 Å². The molecule has 0 aromatic carbocycles. The Morgan fingerprint density at radius 1 is 1.12 bits per heavy atom. The van der Waals surface area contributed by atoms with E-state index in [9.17, 15) is 14.4 Å². The molecular weight excluding hydrogens is 462 g/mol. The second kappa shape index (κ2) is 10.1. The number of aromatic nitrogens is 3. The Bertz CT molecular complexity index is 923. The maximum atomic E-state index is 12.9. The van der Waals surface area contributed by atoms with Crippen molar-refractivity contribution in [2.45, 2.75) is 68.3 Å². The molecule has 0 radical (unpaired) electrons. The van der Waals surface area contributed by atoms with Gasteiger partial charge in [0, 0.05) is 19.7 Å². The van der Waals surface area contributed by atoms with Crippen LogP contribution in [0.25, 0.3) is 0 Å². The molecule has 4 aliphatic rings. The number of hydrazine groups is 1. The number of urea groups is 1. The number of amides is 4. The minimum absolute atomic E-state index is 0.00315. The van der Waals surface area contributed by atoms with Gasteiger partial charge in [-0.15, -0.1) is 10.2 Å². The average molecular weight is 494 g/mol. The third kappa shape index (κ3) is 4.73. The van der Waals surface area contributed by atoms with Crippen LogP contribution in [0.5, 0.6) is 0 Å². The van der Waals surface area contributed by atoms with E-state index in [-0.39, 0.29) is 17.8 Å². The molecule has 13 heteroatoms. The van der Waals surface area contributed by atoms with E-state index in [2.05, 4.69) is 25.8 Å². The molecule has 12 nitrogen and oxygen atoms in total. The van der Waals surface area contributed by atoms with Crippen LogP contribution in [0.1, 0.15) is 44.9 Å². The molecule has 4 fully saturated rings. The summed E-state index contributed by atoms with van der Waals surface area (Å²) in [6.07, 6.45) is 6.11. The zero-order valence-corrected chi connectivity index (χ0v) is 20.0. The van der Waals surface area contributed by atoms with Gasteiger partial charge >= 0.3 is 6.03 Å². The van der Waals surface area contributed by atoms with E-state index in [1.807, 2.05) is 4.57 Å². The van der Waals surface area contributed by atoms with Gasteiger partial charge in [0.2, 0.25) is 11.9 Å². The molecule has 1 aromatic heterocycles. The third-order valence-corrected chi connectivity index (χ3v) is 7.81. The van der Waals surface area contributed by atoms with Gasteiger partial charge in [0.05, 0.1) is 31.6 Å². The van der Waals surface area contributed by atoms with Crippen molar-refractivity contribution < 1.29 is 23.9 Å². The van der Waals surface area contributed by atoms with Gasteiger partial charge in [0.1, 0.15) is 5.54 Å². The molecule has 3 saturated heterocycles. The molecule has 186 valence electrons. The van der Waals surface area contributed by atoms with Gasteiger partial charge < -0.3 is 19.7 Å². The van der Waals surface area contributed by atoms with Crippen LogP contribution < -0.4 is 15.6 Å². The number of imide groups is 1. The van der Waals surface area contributed by atoms with Crippen molar-refractivity contribution >= 4 is 35.6 Å². The van der Waals surface area contributed by atoms with Crippen LogP contribution in [-0.2, 0) is 25.6 Å². The Labute approximate surface area is 202 Å². The average Bonchev–Trinajstić information content (AvgIpc) is 3.56. The monoisotopic (exact) mass is 493 g/mol. The summed E-state index contributed by atoms with van der Waals surface area (Å²) in [5.74, 6) is -0.0701. The normalized spacial score (nSPS) is 24.6. The zero-order valence-electron chi connectivity index (χ0n) is 19.2. The molecule has 2 N–H and O–H groups in total. The maximum absolute atomic E-state index is 12.9. The first kappa shape index (κ1) is 23.4. The molecule has 5 rings (SSSR count). The number of hydrogen-bond donors (Lipinski definition) is 2. The van der Waals surface area contributed by atoms with E-state index >= 15 is 0 Å². The lowest BCUT2D eigenvalue weighted by molar-refractivity contribution is -0.139. The van der Waals surface area contributed by atoms with Crippen LogP contribution >= 0.6 is 11.8 Å². The molecule has 1 spiro atoms. The summed E-state index contributed by atoms with van der Waals surface area (Å²) in [5, 5.41) is 13.0. The van der Waals surface area contributed by atoms with Gasteiger partial charge in [-0.3, -0.25) is 19.6 Å². The van der Waals surface area contributed by atoms with E-state index in [1.165, 1.54) is 11.8 Å². The van der Waals surface area contributed by atoms with Crippen molar-refractivity contribution in [1.29, 1.82) is 0 Å². The summed E-state index contributed by atoms with van der Waals surface area (Å²) >= 11 is 1.23. The highest BCUT2D eigenvalue weighted by molar-refractivity contribution is 7.99. The lowest BCUT2D eigenvalue weighted by Crippen LogP contribution is -2.51. The highest BCUT2D eigenvalue weighted by Crippen LogP contribution is 2.33. The topological polar surface area (TPSA) is 131 Å². The maximum Gasteiger partial charge on any atom is 0.344 e. The van der Waals surface area contributed by atoms with Gasteiger partial charge in [0.25, 0.3) is 5.91 Å². The first-order valence-electron chi connectivity index (χ1n) is 12.0. The predicted molar refractivity (Wildman–Crippen MR) is 122 cm³/mol. The largest absolute Gasteiger partial charge is 0.378 e. The van der Waals surface area contributed by atoms with Gasteiger partial charge in [-0.2, -0.15) is 5.01 Å². The SMILES string of the molecule is O=C(CSc1nnc(N2CCOCC2)n1CC1CCCO1)NN1C(=O)NC2(CCCCC2)C1=O. The Morgan fingerprint density at radius 2 is 1.91 bits per heavy atom. The summed E-state index contributed by atoms with van der Waals surface area (Å²) < 4.78 is 13.3. The van der Waals surface area contributed by atoms with Crippen molar-refractivity contribution in [1.82, 2.24) is 30.5 Å². The molecule has 1 aromatic rings. The summed E-state index contributed by atoms with van der Waals surface area (Å²) in [7, 11) is 0. The smallest absolute Gasteiger partial charge is 0.344 e. The Hall–Kier alpha value is -2.38. The lowest BCUT2D eigenvalue weighted by atomic mass is 9.82. The minimum Gasteiger partial charge on any atom is -0.378 e. The molecule has 1 atom stereocenters. The zero-order chi connectivity index (χ0) is 23.5. The number of nitrogens with zero attached hydrogens (tertiary/aromatic N) is 5. The fraction of sp³-hybridized carbons (Fsp3) is 0.762. The van der Waals surface area contributed by atoms with Crippen LogP contribution in [0.4, 0.5) is 10.7 Å². The molecule has 34 heavy (non-hydrogen) atoms. The molecule has 0 bridgehead atoms. The number of thioether (sulfide) groups is 1.